The van der Waals surface area contributed by atoms with Gasteiger partial charge in [-0.1, -0.05) is 43.2 Å². The third-order valence-corrected chi connectivity index (χ3v) is 3.07. The first kappa shape index (κ1) is 10.7. The largest absolute Gasteiger partial charge is 0.375 e. The van der Waals surface area contributed by atoms with E-state index >= 15 is 0 Å². The SMILES string of the molecule is COC(c1ccccc1)C(N)CC1CC1. The molecule has 0 spiro atoms. The molecule has 2 nitrogen and oxygen atoms in total. The molecule has 1 aliphatic carbocycles. The van der Waals surface area contributed by atoms with Crippen LogP contribution in [0.5, 0.6) is 0 Å². The quantitative estimate of drug-likeness (QED) is 0.801. The van der Waals surface area contributed by atoms with E-state index < -0.39 is 0 Å². The van der Waals surface area contributed by atoms with Crippen LogP contribution in [-0.2, 0) is 4.74 Å². The summed E-state index contributed by atoms with van der Waals surface area (Å²) in [5.74, 6) is 0.848. The zero-order valence-corrected chi connectivity index (χ0v) is 9.23. The van der Waals surface area contributed by atoms with E-state index in [4.69, 9.17) is 10.5 Å². The second-order valence-corrected chi connectivity index (χ2v) is 4.41. The Morgan fingerprint density at radius 2 is 2.00 bits per heavy atom. The molecule has 2 rings (SSSR count). The van der Waals surface area contributed by atoms with Gasteiger partial charge >= 0.3 is 0 Å². The number of hydrogen-bond donors (Lipinski definition) is 1. The van der Waals surface area contributed by atoms with Gasteiger partial charge in [-0.25, -0.2) is 0 Å². The maximum Gasteiger partial charge on any atom is 0.0971 e. The maximum absolute atomic E-state index is 6.18. The van der Waals surface area contributed by atoms with Gasteiger partial charge in [0.15, 0.2) is 0 Å². The summed E-state index contributed by atoms with van der Waals surface area (Å²) < 4.78 is 5.50. The van der Waals surface area contributed by atoms with Crippen LogP contribution in [0, 0.1) is 5.92 Å². The van der Waals surface area contributed by atoms with Crippen molar-refractivity contribution in [1.29, 1.82) is 0 Å². The monoisotopic (exact) mass is 205 g/mol. The summed E-state index contributed by atoms with van der Waals surface area (Å²) in [7, 11) is 1.74. The molecule has 0 aromatic heterocycles. The average Bonchev–Trinajstić information content (AvgIpc) is 3.04. The van der Waals surface area contributed by atoms with Crippen molar-refractivity contribution in [3.8, 4) is 0 Å². The minimum Gasteiger partial charge on any atom is -0.375 e. The predicted octanol–water partition coefficient (Wildman–Crippen LogP) is 2.50. The lowest BCUT2D eigenvalue weighted by atomic mass is 9.98. The van der Waals surface area contributed by atoms with Gasteiger partial charge in [-0.05, 0) is 17.9 Å². The van der Waals surface area contributed by atoms with Gasteiger partial charge < -0.3 is 10.5 Å². The van der Waals surface area contributed by atoms with Gasteiger partial charge in [0.1, 0.15) is 0 Å². The molecule has 2 heteroatoms. The van der Waals surface area contributed by atoms with Crippen LogP contribution in [-0.4, -0.2) is 13.2 Å². The molecule has 0 heterocycles. The summed E-state index contributed by atoms with van der Waals surface area (Å²) in [6, 6.07) is 10.4. The van der Waals surface area contributed by atoms with Gasteiger partial charge in [0.25, 0.3) is 0 Å². The van der Waals surface area contributed by atoms with Crippen molar-refractivity contribution in [1.82, 2.24) is 0 Å². The lowest BCUT2D eigenvalue weighted by Gasteiger charge is -2.22. The zero-order chi connectivity index (χ0) is 10.7. The molecule has 0 bridgehead atoms. The van der Waals surface area contributed by atoms with E-state index in [0.717, 1.165) is 12.3 Å². The molecule has 0 amide bonds. The van der Waals surface area contributed by atoms with Crippen molar-refractivity contribution >= 4 is 0 Å². The van der Waals surface area contributed by atoms with E-state index in [9.17, 15) is 0 Å². The smallest absolute Gasteiger partial charge is 0.0971 e. The number of ether oxygens (including phenoxy) is 1. The van der Waals surface area contributed by atoms with Crippen molar-refractivity contribution in [2.24, 2.45) is 11.7 Å². The number of nitrogens with two attached hydrogens (primary N) is 1. The first-order chi connectivity index (χ1) is 7.31. The van der Waals surface area contributed by atoms with Crippen molar-refractivity contribution in [3.63, 3.8) is 0 Å². The van der Waals surface area contributed by atoms with E-state index in [1.807, 2.05) is 18.2 Å². The molecule has 15 heavy (non-hydrogen) atoms. The van der Waals surface area contributed by atoms with Crippen LogP contribution >= 0.6 is 0 Å². The summed E-state index contributed by atoms with van der Waals surface area (Å²) in [6.07, 6.45) is 3.83. The van der Waals surface area contributed by atoms with Gasteiger partial charge in [0.05, 0.1) is 6.10 Å². The molecule has 1 aromatic rings. The lowest BCUT2D eigenvalue weighted by molar-refractivity contribution is 0.0759. The van der Waals surface area contributed by atoms with Gasteiger partial charge in [-0.2, -0.15) is 0 Å². The van der Waals surface area contributed by atoms with Crippen molar-refractivity contribution in [2.45, 2.75) is 31.4 Å². The van der Waals surface area contributed by atoms with Crippen LogP contribution in [0.25, 0.3) is 0 Å². The summed E-state index contributed by atoms with van der Waals surface area (Å²) in [6.45, 7) is 0. The van der Waals surface area contributed by atoms with Crippen LogP contribution in [0.2, 0.25) is 0 Å². The normalized spacial score (nSPS) is 19.9. The van der Waals surface area contributed by atoms with Crippen LogP contribution in [0.4, 0.5) is 0 Å². The van der Waals surface area contributed by atoms with Crippen LogP contribution in [0.1, 0.15) is 30.9 Å². The van der Waals surface area contributed by atoms with E-state index in [-0.39, 0.29) is 12.1 Å². The highest BCUT2D eigenvalue weighted by Gasteiger charge is 2.28. The summed E-state index contributed by atoms with van der Waals surface area (Å²) in [5, 5.41) is 0. The van der Waals surface area contributed by atoms with Gasteiger partial charge in [0.2, 0.25) is 0 Å². The highest BCUT2D eigenvalue weighted by atomic mass is 16.5. The zero-order valence-electron chi connectivity index (χ0n) is 9.23. The van der Waals surface area contributed by atoms with Crippen LogP contribution < -0.4 is 5.73 Å². The number of hydrogen-bond acceptors (Lipinski definition) is 2. The molecule has 0 aliphatic heterocycles. The Labute approximate surface area is 91.4 Å². The van der Waals surface area contributed by atoms with E-state index in [1.165, 1.54) is 18.4 Å². The molecule has 1 aliphatic rings. The highest BCUT2D eigenvalue weighted by molar-refractivity contribution is 5.19. The molecular formula is C13H19NO. The molecule has 82 valence electrons. The maximum atomic E-state index is 6.18. The fraction of sp³-hybridized carbons (Fsp3) is 0.538. The third-order valence-electron chi connectivity index (χ3n) is 3.07. The predicted molar refractivity (Wildman–Crippen MR) is 61.5 cm³/mol. The van der Waals surface area contributed by atoms with E-state index in [0.29, 0.717) is 0 Å². The Morgan fingerprint density at radius 1 is 1.33 bits per heavy atom. The van der Waals surface area contributed by atoms with E-state index in [1.54, 1.807) is 7.11 Å². The molecule has 1 saturated carbocycles. The Hall–Kier alpha value is -0.860. The molecule has 0 saturated heterocycles. The standard InChI is InChI=1S/C13H19NO/c1-15-13(11-5-3-2-4-6-11)12(14)9-10-7-8-10/h2-6,10,12-13H,7-9,14H2,1H3. The van der Waals surface area contributed by atoms with Crippen LogP contribution in [0.15, 0.2) is 30.3 Å². The fourth-order valence-electron chi connectivity index (χ4n) is 2.06. The highest BCUT2D eigenvalue weighted by Crippen LogP contribution is 2.36. The average molecular weight is 205 g/mol. The summed E-state index contributed by atoms with van der Waals surface area (Å²) >= 11 is 0. The molecule has 1 fully saturated rings. The van der Waals surface area contributed by atoms with E-state index in [2.05, 4.69) is 12.1 Å². The summed E-state index contributed by atoms with van der Waals surface area (Å²) in [5.41, 5.74) is 7.36. The molecule has 2 N–H and O–H groups in total. The van der Waals surface area contributed by atoms with Gasteiger partial charge in [0, 0.05) is 13.2 Å². The first-order valence-corrected chi connectivity index (χ1v) is 5.64. The van der Waals surface area contributed by atoms with Crippen molar-refractivity contribution in [2.75, 3.05) is 7.11 Å². The summed E-state index contributed by atoms with van der Waals surface area (Å²) in [4.78, 5) is 0. The minimum atomic E-state index is 0.0480. The third kappa shape index (κ3) is 2.80. The molecule has 1 aromatic carbocycles. The molecular weight excluding hydrogens is 186 g/mol. The molecule has 0 radical (unpaired) electrons. The second-order valence-electron chi connectivity index (χ2n) is 4.41. The topological polar surface area (TPSA) is 35.2 Å². The Bertz CT molecular complexity index is 295. The Balaban J connectivity index is 2.01. The van der Waals surface area contributed by atoms with Gasteiger partial charge in [-0.3, -0.25) is 0 Å². The second kappa shape index (κ2) is 4.77. The number of rotatable bonds is 5. The Kier molecular flexibility index (Phi) is 3.39. The lowest BCUT2D eigenvalue weighted by Crippen LogP contribution is -2.30. The first-order valence-electron chi connectivity index (χ1n) is 5.64. The molecule has 2 unspecified atom stereocenters. The molecule has 2 atom stereocenters. The van der Waals surface area contributed by atoms with Crippen LogP contribution in [0.3, 0.4) is 0 Å². The van der Waals surface area contributed by atoms with Crippen molar-refractivity contribution < 1.29 is 4.74 Å². The van der Waals surface area contributed by atoms with Crippen molar-refractivity contribution in [3.05, 3.63) is 35.9 Å². The fourth-order valence-corrected chi connectivity index (χ4v) is 2.06. The van der Waals surface area contributed by atoms with Gasteiger partial charge in [-0.15, -0.1) is 0 Å². The number of methoxy groups -OCH3 is 1. The minimum absolute atomic E-state index is 0.0480. The Morgan fingerprint density at radius 3 is 2.53 bits per heavy atom. The number of benzene rings is 1.